The normalized spacial score (nSPS) is 16.1. The van der Waals surface area contributed by atoms with Crippen LogP contribution < -0.4 is 5.56 Å². The van der Waals surface area contributed by atoms with E-state index in [4.69, 9.17) is 0 Å². The Morgan fingerprint density at radius 2 is 1.80 bits per heavy atom. The number of alkyl halides is 3. The van der Waals surface area contributed by atoms with E-state index >= 15 is 0 Å². The fourth-order valence-corrected chi connectivity index (χ4v) is 2.94. The van der Waals surface area contributed by atoms with Gasteiger partial charge in [0.1, 0.15) is 5.56 Å². The van der Waals surface area contributed by atoms with Crippen LogP contribution in [0.5, 0.6) is 0 Å². The lowest BCUT2D eigenvalue weighted by Crippen LogP contribution is -2.33. The van der Waals surface area contributed by atoms with E-state index in [0.717, 1.165) is 34.7 Å². The fraction of sp³-hybridized carbons (Fsp3) is 0.444. The van der Waals surface area contributed by atoms with Crippen LogP contribution in [0.3, 0.4) is 0 Å². The van der Waals surface area contributed by atoms with Crippen molar-refractivity contribution < 1.29 is 18.3 Å². The van der Waals surface area contributed by atoms with Crippen LogP contribution in [-0.2, 0) is 12.7 Å². The van der Waals surface area contributed by atoms with Gasteiger partial charge in [0.25, 0.3) is 5.56 Å². The molecule has 1 aliphatic carbocycles. The van der Waals surface area contributed by atoms with Gasteiger partial charge in [-0.3, -0.25) is 4.79 Å². The molecule has 0 aliphatic heterocycles. The molecule has 4 nitrogen and oxygen atoms in total. The predicted octanol–water partition coefficient (Wildman–Crippen LogP) is 3.49. The highest BCUT2D eigenvalue weighted by Gasteiger charge is 2.37. The highest BCUT2D eigenvalue weighted by Crippen LogP contribution is 2.40. The summed E-state index contributed by atoms with van der Waals surface area (Å²) in [6, 6.07) is 6.27. The second-order valence-electron chi connectivity index (χ2n) is 6.68. The van der Waals surface area contributed by atoms with E-state index in [0.29, 0.717) is 5.56 Å². The zero-order chi connectivity index (χ0) is 18.4. The highest BCUT2D eigenvalue weighted by atomic mass is 19.4. The van der Waals surface area contributed by atoms with Crippen molar-refractivity contribution in [3.8, 4) is 0 Å². The van der Waals surface area contributed by atoms with Crippen LogP contribution >= 0.6 is 0 Å². The first-order valence-electron chi connectivity index (χ1n) is 8.10. The largest absolute Gasteiger partial charge is 0.421 e. The van der Waals surface area contributed by atoms with Gasteiger partial charge in [-0.1, -0.05) is 29.3 Å². The molecule has 25 heavy (non-hydrogen) atoms. The van der Waals surface area contributed by atoms with Crippen molar-refractivity contribution in [2.75, 3.05) is 0 Å². The first-order valence-corrected chi connectivity index (χ1v) is 8.10. The van der Waals surface area contributed by atoms with Crippen molar-refractivity contribution in [3.63, 3.8) is 0 Å². The molecule has 0 unspecified atom stereocenters. The van der Waals surface area contributed by atoms with Crippen LogP contribution in [-0.4, -0.2) is 14.9 Å². The van der Waals surface area contributed by atoms with E-state index < -0.39 is 23.4 Å². The van der Waals surface area contributed by atoms with Crippen molar-refractivity contribution in [1.29, 1.82) is 0 Å². The average Bonchev–Trinajstić information content (AvgIpc) is 3.31. The lowest BCUT2D eigenvalue weighted by atomic mass is 10.0. The Kier molecular flexibility index (Phi) is 4.45. The lowest BCUT2D eigenvalue weighted by Gasteiger charge is -2.16. The van der Waals surface area contributed by atoms with E-state index in [1.54, 1.807) is 12.1 Å². The number of rotatable bonds is 4. The quantitative estimate of drug-likeness (QED) is 0.916. The SMILES string of the molecule is Cc1cc(C)cc([C@H](O)Cn2nc(C3CC3)cc(C(F)(F)F)c2=O)c1. The Morgan fingerprint density at radius 1 is 1.20 bits per heavy atom. The first-order chi connectivity index (χ1) is 11.6. The van der Waals surface area contributed by atoms with Gasteiger partial charge in [0, 0.05) is 5.92 Å². The minimum Gasteiger partial charge on any atom is -0.386 e. The maximum absolute atomic E-state index is 13.2. The van der Waals surface area contributed by atoms with Crippen LogP contribution in [0.25, 0.3) is 0 Å². The Balaban J connectivity index is 1.98. The van der Waals surface area contributed by atoms with Gasteiger partial charge >= 0.3 is 6.18 Å². The molecular formula is C18H19F3N2O2. The summed E-state index contributed by atoms with van der Waals surface area (Å²) < 4.78 is 40.2. The number of nitrogens with zero attached hydrogens (tertiary/aromatic N) is 2. The van der Waals surface area contributed by atoms with E-state index in [1.807, 2.05) is 19.9 Å². The molecule has 3 rings (SSSR count). The van der Waals surface area contributed by atoms with Gasteiger partial charge < -0.3 is 5.11 Å². The van der Waals surface area contributed by atoms with Crippen molar-refractivity contribution in [2.45, 2.75) is 51.4 Å². The van der Waals surface area contributed by atoms with Crippen LogP contribution in [0, 0.1) is 13.8 Å². The second-order valence-corrected chi connectivity index (χ2v) is 6.68. The molecule has 0 saturated heterocycles. The third-order valence-corrected chi connectivity index (χ3v) is 4.27. The number of halogens is 3. The number of aryl methyl sites for hydroxylation is 2. The third-order valence-electron chi connectivity index (χ3n) is 4.27. The van der Waals surface area contributed by atoms with Gasteiger partial charge in [0.05, 0.1) is 18.3 Å². The fourth-order valence-electron chi connectivity index (χ4n) is 2.94. The molecule has 1 aliphatic rings. The van der Waals surface area contributed by atoms with Crippen molar-refractivity contribution >= 4 is 0 Å². The predicted molar refractivity (Wildman–Crippen MR) is 86.3 cm³/mol. The highest BCUT2D eigenvalue weighted by molar-refractivity contribution is 5.30. The van der Waals surface area contributed by atoms with Gasteiger partial charge in [-0.2, -0.15) is 18.3 Å². The first kappa shape index (κ1) is 17.7. The lowest BCUT2D eigenvalue weighted by molar-refractivity contribution is -0.139. The smallest absolute Gasteiger partial charge is 0.386 e. The number of aliphatic hydroxyl groups is 1. The van der Waals surface area contributed by atoms with Gasteiger partial charge in [0.15, 0.2) is 0 Å². The number of hydrogen-bond donors (Lipinski definition) is 1. The van der Waals surface area contributed by atoms with Gasteiger partial charge in [-0.05, 0) is 38.3 Å². The van der Waals surface area contributed by atoms with Gasteiger partial charge in [-0.25, -0.2) is 4.68 Å². The van der Waals surface area contributed by atoms with Crippen molar-refractivity contribution in [3.05, 3.63) is 62.6 Å². The molecule has 1 saturated carbocycles. The molecule has 0 bridgehead atoms. The van der Waals surface area contributed by atoms with Crippen molar-refractivity contribution in [1.82, 2.24) is 9.78 Å². The summed E-state index contributed by atoms with van der Waals surface area (Å²) >= 11 is 0. The third kappa shape index (κ3) is 3.92. The van der Waals surface area contributed by atoms with E-state index in [9.17, 15) is 23.1 Å². The summed E-state index contributed by atoms with van der Waals surface area (Å²) in [5.41, 5.74) is 0.225. The maximum Gasteiger partial charge on any atom is 0.421 e. The molecule has 0 radical (unpaired) electrons. The zero-order valence-corrected chi connectivity index (χ0v) is 14.0. The summed E-state index contributed by atoms with van der Waals surface area (Å²) in [6.45, 7) is 3.41. The molecule has 1 aromatic carbocycles. The topological polar surface area (TPSA) is 55.1 Å². The van der Waals surface area contributed by atoms with Crippen LogP contribution in [0.1, 0.15) is 52.8 Å². The Morgan fingerprint density at radius 3 is 2.32 bits per heavy atom. The molecule has 0 spiro atoms. The summed E-state index contributed by atoms with van der Waals surface area (Å²) in [7, 11) is 0. The molecule has 1 fully saturated rings. The summed E-state index contributed by atoms with van der Waals surface area (Å²) in [5.74, 6) is -0.0358. The Bertz CT molecular complexity index is 834. The van der Waals surface area contributed by atoms with E-state index in [2.05, 4.69) is 5.10 Å². The molecule has 7 heteroatoms. The van der Waals surface area contributed by atoms with Gasteiger partial charge in [0.2, 0.25) is 0 Å². The summed E-state index contributed by atoms with van der Waals surface area (Å²) in [6.07, 6.45) is -4.32. The minimum absolute atomic E-state index is 0.0358. The molecule has 134 valence electrons. The molecular weight excluding hydrogens is 333 g/mol. The second kappa shape index (κ2) is 6.29. The monoisotopic (exact) mass is 352 g/mol. The summed E-state index contributed by atoms with van der Waals surface area (Å²) in [5, 5.41) is 14.5. The zero-order valence-electron chi connectivity index (χ0n) is 14.0. The van der Waals surface area contributed by atoms with Crippen LogP contribution in [0.4, 0.5) is 13.2 Å². The molecule has 1 atom stereocenters. The number of aromatic nitrogens is 2. The average molecular weight is 352 g/mol. The Hall–Kier alpha value is -2.15. The van der Waals surface area contributed by atoms with Crippen LogP contribution in [0.2, 0.25) is 0 Å². The van der Waals surface area contributed by atoms with E-state index in [1.165, 1.54) is 0 Å². The van der Waals surface area contributed by atoms with Crippen molar-refractivity contribution in [2.24, 2.45) is 0 Å². The molecule has 0 amide bonds. The maximum atomic E-state index is 13.2. The summed E-state index contributed by atoms with van der Waals surface area (Å²) in [4.78, 5) is 12.2. The number of aliphatic hydroxyl groups excluding tert-OH is 1. The molecule has 1 heterocycles. The Labute approximate surface area is 142 Å². The standard InChI is InChI=1S/C18H19F3N2O2/c1-10-5-11(2)7-13(6-10)16(24)9-23-17(25)14(18(19,20)21)8-15(22-23)12-3-4-12/h5-8,12,16,24H,3-4,9H2,1-2H3/t16-/m1/s1. The van der Waals surface area contributed by atoms with Gasteiger partial charge in [-0.15, -0.1) is 0 Å². The number of hydrogen-bond acceptors (Lipinski definition) is 3. The van der Waals surface area contributed by atoms with E-state index in [-0.39, 0.29) is 18.2 Å². The molecule has 1 N–H and O–H groups in total. The number of benzene rings is 1. The molecule has 1 aromatic heterocycles. The minimum atomic E-state index is -4.74. The molecule has 2 aromatic rings. The van der Waals surface area contributed by atoms with Crippen LogP contribution in [0.15, 0.2) is 29.1 Å².